The van der Waals surface area contributed by atoms with E-state index < -0.39 is 28.5 Å². The predicted molar refractivity (Wildman–Crippen MR) is 157 cm³/mol. The van der Waals surface area contributed by atoms with Gasteiger partial charge in [-0.15, -0.1) is 0 Å². The molecular weight excluding hydrogens is 542 g/mol. The lowest BCUT2D eigenvalue weighted by Crippen LogP contribution is -2.53. The first-order chi connectivity index (χ1) is 19.7. The number of sulfonamides is 1. The molecule has 0 aliphatic carbocycles. The van der Waals surface area contributed by atoms with Gasteiger partial charge in [0.25, 0.3) is 10.0 Å². The van der Waals surface area contributed by atoms with Crippen molar-refractivity contribution in [2.75, 3.05) is 24.1 Å². The molecule has 2 amide bonds. The van der Waals surface area contributed by atoms with E-state index in [2.05, 4.69) is 5.32 Å². The number of nitrogens with zero attached hydrogens (tertiary/aromatic N) is 2. The quantitative estimate of drug-likeness (QED) is 0.342. The minimum atomic E-state index is -4.17. The Balaban J connectivity index is 1.74. The van der Waals surface area contributed by atoms with Gasteiger partial charge in [0.1, 0.15) is 25.8 Å². The highest BCUT2D eigenvalue weighted by Crippen LogP contribution is 2.36. The first-order valence-corrected chi connectivity index (χ1v) is 15.3. The summed E-state index contributed by atoms with van der Waals surface area (Å²) in [6.07, 6.45) is 1.10. The second kappa shape index (κ2) is 13.5. The molecule has 1 heterocycles. The smallest absolute Gasteiger partial charge is 0.264 e. The minimum Gasteiger partial charge on any atom is -0.486 e. The van der Waals surface area contributed by atoms with Crippen molar-refractivity contribution in [1.29, 1.82) is 0 Å². The summed E-state index contributed by atoms with van der Waals surface area (Å²) in [5.74, 6) is 0.120. The van der Waals surface area contributed by atoms with E-state index in [1.54, 1.807) is 36.4 Å². The summed E-state index contributed by atoms with van der Waals surface area (Å²) in [4.78, 5) is 29.0. The van der Waals surface area contributed by atoms with Crippen molar-refractivity contribution >= 4 is 27.5 Å². The number of carbonyl (C=O) groups excluding carboxylic acids is 2. The number of ether oxygens (including phenoxy) is 2. The maximum Gasteiger partial charge on any atom is 0.264 e. The van der Waals surface area contributed by atoms with Crippen LogP contribution in [0.25, 0.3) is 0 Å². The Morgan fingerprint density at radius 2 is 1.51 bits per heavy atom. The largest absolute Gasteiger partial charge is 0.486 e. The summed E-state index contributed by atoms with van der Waals surface area (Å²) in [5, 5.41) is 2.98. The molecule has 2 atom stereocenters. The molecule has 41 heavy (non-hydrogen) atoms. The zero-order chi connectivity index (χ0) is 29.4. The van der Waals surface area contributed by atoms with Gasteiger partial charge in [-0.25, -0.2) is 8.42 Å². The fourth-order valence-corrected chi connectivity index (χ4v) is 6.00. The molecule has 3 aromatic carbocycles. The molecule has 2 unspecified atom stereocenters. The van der Waals surface area contributed by atoms with E-state index in [1.807, 2.05) is 51.1 Å². The Bertz CT molecular complexity index is 1430. The van der Waals surface area contributed by atoms with Crippen LogP contribution in [0, 0.1) is 0 Å². The molecule has 10 heteroatoms. The number of anilines is 1. The fourth-order valence-electron chi connectivity index (χ4n) is 4.58. The number of hydrogen-bond donors (Lipinski definition) is 1. The third kappa shape index (κ3) is 7.18. The van der Waals surface area contributed by atoms with Gasteiger partial charge in [-0.05, 0) is 49.6 Å². The Morgan fingerprint density at radius 3 is 2.15 bits per heavy atom. The van der Waals surface area contributed by atoms with E-state index in [0.717, 1.165) is 16.3 Å². The molecule has 1 aliphatic rings. The lowest BCUT2D eigenvalue weighted by molar-refractivity contribution is -0.140. The second-order valence-electron chi connectivity index (χ2n) is 9.90. The van der Waals surface area contributed by atoms with Crippen LogP contribution in [0.3, 0.4) is 0 Å². The van der Waals surface area contributed by atoms with Gasteiger partial charge in [-0.3, -0.25) is 13.9 Å². The zero-order valence-corrected chi connectivity index (χ0v) is 24.5. The standard InChI is InChI=1S/C31H37N3O6S/c1-4-23(3)32-31(36)27(5-2)33(21-24-12-8-6-9-13-24)30(35)22-34(41(37,38)26-14-10-7-11-15-26)25-16-17-28-29(20-25)40-19-18-39-28/h6-17,20,23,27H,4-5,18-19,21-22H2,1-3H3,(H,32,36). The normalized spacial score (nSPS) is 14.0. The van der Waals surface area contributed by atoms with Crippen LogP contribution in [0.15, 0.2) is 83.8 Å². The van der Waals surface area contributed by atoms with Crippen molar-refractivity contribution in [1.82, 2.24) is 10.2 Å². The van der Waals surface area contributed by atoms with Gasteiger partial charge in [0.2, 0.25) is 11.8 Å². The zero-order valence-electron chi connectivity index (χ0n) is 23.7. The lowest BCUT2D eigenvalue weighted by atomic mass is 10.1. The van der Waals surface area contributed by atoms with Crippen molar-refractivity contribution < 1.29 is 27.5 Å². The van der Waals surface area contributed by atoms with E-state index in [-0.39, 0.29) is 29.1 Å². The Kier molecular flexibility index (Phi) is 9.88. The minimum absolute atomic E-state index is 0.0406. The average molecular weight is 580 g/mol. The summed E-state index contributed by atoms with van der Waals surface area (Å²) < 4.78 is 40.3. The molecule has 0 radical (unpaired) electrons. The first kappa shape index (κ1) is 29.9. The highest BCUT2D eigenvalue weighted by Gasteiger charge is 2.34. The molecule has 0 aromatic heterocycles. The predicted octanol–water partition coefficient (Wildman–Crippen LogP) is 4.38. The monoisotopic (exact) mass is 579 g/mol. The van der Waals surface area contributed by atoms with Crippen LogP contribution in [-0.4, -0.2) is 57.0 Å². The second-order valence-corrected chi connectivity index (χ2v) is 11.8. The molecule has 0 saturated heterocycles. The number of amides is 2. The molecule has 0 spiro atoms. The topological polar surface area (TPSA) is 105 Å². The summed E-state index contributed by atoms with van der Waals surface area (Å²) in [6.45, 7) is 6.06. The van der Waals surface area contributed by atoms with Crippen LogP contribution in [0.4, 0.5) is 5.69 Å². The maximum absolute atomic E-state index is 14.1. The molecule has 4 rings (SSSR count). The Morgan fingerprint density at radius 1 is 0.878 bits per heavy atom. The average Bonchev–Trinajstić information content (AvgIpc) is 3.00. The van der Waals surface area contributed by atoms with Crippen LogP contribution in [0.5, 0.6) is 11.5 Å². The highest BCUT2D eigenvalue weighted by atomic mass is 32.2. The maximum atomic E-state index is 14.1. The van der Waals surface area contributed by atoms with Crippen molar-refractivity contribution in [2.24, 2.45) is 0 Å². The van der Waals surface area contributed by atoms with Crippen LogP contribution in [0.2, 0.25) is 0 Å². The van der Waals surface area contributed by atoms with Gasteiger partial charge in [0, 0.05) is 18.7 Å². The molecule has 218 valence electrons. The highest BCUT2D eigenvalue weighted by molar-refractivity contribution is 7.92. The Labute approximate surface area is 242 Å². The Hall–Kier alpha value is -4.05. The van der Waals surface area contributed by atoms with Crippen molar-refractivity contribution in [2.45, 2.75) is 57.1 Å². The summed E-state index contributed by atoms with van der Waals surface area (Å²) in [6, 6.07) is 21.2. The van der Waals surface area contributed by atoms with Crippen LogP contribution < -0.4 is 19.1 Å². The SMILES string of the molecule is CCC(C)NC(=O)C(CC)N(Cc1ccccc1)C(=O)CN(c1ccc2c(c1)OCCO2)S(=O)(=O)c1ccccc1. The lowest BCUT2D eigenvalue weighted by Gasteiger charge is -2.34. The summed E-state index contributed by atoms with van der Waals surface area (Å²) >= 11 is 0. The van der Waals surface area contributed by atoms with E-state index >= 15 is 0 Å². The molecule has 0 fully saturated rings. The van der Waals surface area contributed by atoms with E-state index in [1.165, 1.54) is 17.0 Å². The van der Waals surface area contributed by atoms with Gasteiger partial charge < -0.3 is 19.7 Å². The number of carbonyl (C=O) groups is 2. The van der Waals surface area contributed by atoms with Crippen LogP contribution in [0.1, 0.15) is 39.2 Å². The van der Waals surface area contributed by atoms with Crippen LogP contribution >= 0.6 is 0 Å². The van der Waals surface area contributed by atoms with Gasteiger partial charge in [-0.2, -0.15) is 0 Å². The van der Waals surface area contributed by atoms with E-state index in [0.29, 0.717) is 31.1 Å². The number of benzene rings is 3. The molecule has 1 N–H and O–H groups in total. The molecular formula is C31H37N3O6S. The van der Waals surface area contributed by atoms with Gasteiger partial charge in [0.15, 0.2) is 11.5 Å². The number of fused-ring (bicyclic) bond motifs is 1. The molecule has 1 aliphatic heterocycles. The summed E-state index contributed by atoms with van der Waals surface area (Å²) in [5.41, 5.74) is 1.08. The molecule has 0 saturated carbocycles. The van der Waals surface area contributed by atoms with Crippen LogP contribution in [-0.2, 0) is 26.2 Å². The van der Waals surface area contributed by atoms with Crippen molar-refractivity contribution in [3.8, 4) is 11.5 Å². The van der Waals surface area contributed by atoms with E-state index in [4.69, 9.17) is 9.47 Å². The van der Waals surface area contributed by atoms with Crippen molar-refractivity contribution in [3.05, 3.63) is 84.4 Å². The first-order valence-electron chi connectivity index (χ1n) is 13.9. The molecule has 0 bridgehead atoms. The molecule has 3 aromatic rings. The van der Waals surface area contributed by atoms with Gasteiger partial charge in [0.05, 0.1) is 10.6 Å². The number of hydrogen-bond acceptors (Lipinski definition) is 6. The summed E-state index contributed by atoms with van der Waals surface area (Å²) in [7, 11) is -4.17. The fraction of sp³-hybridized carbons (Fsp3) is 0.355. The van der Waals surface area contributed by atoms with Gasteiger partial charge >= 0.3 is 0 Å². The molecule has 9 nitrogen and oxygen atoms in total. The van der Waals surface area contributed by atoms with Crippen molar-refractivity contribution in [3.63, 3.8) is 0 Å². The third-order valence-corrected chi connectivity index (χ3v) is 8.79. The number of nitrogens with one attached hydrogen (secondary N) is 1. The third-order valence-electron chi connectivity index (χ3n) is 7.01. The number of rotatable bonds is 12. The van der Waals surface area contributed by atoms with E-state index in [9.17, 15) is 18.0 Å². The van der Waals surface area contributed by atoms with Gasteiger partial charge in [-0.1, -0.05) is 62.4 Å².